The molecule has 0 spiro atoms. The van der Waals surface area contributed by atoms with Crippen LogP contribution in [0.15, 0.2) is 30.3 Å². The minimum Gasteiger partial charge on any atom is -0.415 e. The molecule has 1 heterocycles. The van der Waals surface area contributed by atoms with Crippen molar-refractivity contribution in [3.63, 3.8) is 0 Å². The zero-order valence-electron chi connectivity index (χ0n) is 9.00. The fraction of sp³-hybridized carbons (Fsp3) is 0.400. The first-order valence-electron chi connectivity index (χ1n) is 5.28. The molecule has 1 unspecified atom stereocenters. The highest BCUT2D eigenvalue weighted by molar-refractivity contribution is 7.30. The summed E-state index contributed by atoms with van der Waals surface area (Å²) in [5, 5.41) is 1.47. The molecule has 0 amide bonds. The number of rotatable bonds is 1. The van der Waals surface area contributed by atoms with Crippen molar-refractivity contribution >= 4 is 22.5 Å². The van der Waals surface area contributed by atoms with E-state index in [0.717, 1.165) is 6.61 Å². The van der Waals surface area contributed by atoms with Crippen LogP contribution < -0.4 is 5.19 Å². The van der Waals surface area contributed by atoms with Crippen LogP contribution in [0.2, 0.25) is 6.04 Å². The zero-order valence-corrected chi connectivity index (χ0v) is 11.2. The molecule has 1 saturated heterocycles. The first-order valence-corrected chi connectivity index (χ1v) is 8.45. The second kappa shape index (κ2) is 7.76. The van der Waals surface area contributed by atoms with Crippen molar-refractivity contribution in [3.05, 3.63) is 30.3 Å². The molecule has 4 nitrogen and oxygen atoms in total. The van der Waals surface area contributed by atoms with Crippen LogP contribution in [0.5, 0.6) is 0 Å². The van der Waals surface area contributed by atoms with Crippen LogP contribution in [-0.4, -0.2) is 25.4 Å². The maximum atomic E-state index is 8.74. The Morgan fingerprint density at radius 3 is 2.31 bits per heavy atom. The third-order valence-electron chi connectivity index (χ3n) is 2.35. The molecule has 1 fully saturated rings. The van der Waals surface area contributed by atoms with Gasteiger partial charge in [0, 0.05) is 6.61 Å². The number of hydrogen-bond donors (Lipinski definition) is 2. The average molecular weight is 260 g/mol. The minimum absolute atomic E-state index is 0.984. The lowest BCUT2D eigenvalue weighted by Crippen LogP contribution is -2.36. The van der Waals surface area contributed by atoms with E-state index >= 15 is 0 Å². The van der Waals surface area contributed by atoms with Crippen molar-refractivity contribution in [2.45, 2.75) is 18.9 Å². The molecule has 0 aromatic heterocycles. The molecule has 0 bridgehead atoms. The highest BCUT2D eigenvalue weighted by Crippen LogP contribution is 2.10. The molecule has 2 rings (SSSR count). The van der Waals surface area contributed by atoms with Gasteiger partial charge in [-0.1, -0.05) is 36.8 Å². The van der Waals surface area contributed by atoms with Crippen LogP contribution in [0.1, 0.15) is 12.8 Å². The van der Waals surface area contributed by atoms with Crippen LogP contribution in [0, 0.1) is 0 Å². The first-order chi connectivity index (χ1) is 7.70. The summed E-state index contributed by atoms with van der Waals surface area (Å²) >= 11 is 0. The number of hydrogen-bond acceptors (Lipinski definition) is 2. The Hall–Kier alpha value is -0.453. The molecule has 0 aliphatic carbocycles. The normalized spacial score (nSPS) is 20.1. The summed E-state index contributed by atoms with van der Waals surface area (Å²) in [6.45, 7) is 0.992. The fourth-order valence-corrected chi connectivity index (χ4v) is 4.13. The Morgan fingerprint density at radius 2 is 1.81 bits per heavy atom. The van der Waals surface area contributed by atoms with E-state index in [-0.39, 0.29) is 0 Å². The number of benzene rings is 1. The Kier molecular flexibility index (Phi) is 6.60. The van der Waals surface area contributed by atoms with Gasteiger partial charge in [0.15, 0.2) is 0 Å². The molecule has 1 aliphatic heterocycles. The molecule has 1 aliphatic rings. The molecule has 0 radical (unpaired) electrons. The van der Waals surface area contributed by atoms with Crippen molar-refractivity contribution in [2.24, 2.45) is 0 Å². The van der Waals surface area contributed by atoms with Crippen LogP contribution in [0.25, 0.3) is 0 Å². The summed E-state index contributed by atoms with van der Waals surface area (Å²) in [5.74, 6) is 0. The largest absolute Gasteiger partial charge is 0.415 e. The fourth-order valence-electron chi connectivity index (χ4n) is 1.67. The molecular weight excluding hydrogens is 243 g/mol. The van der Waals surface area contributed by atoms with E-state index < -0.39 is 17.3 Å². The van der Waals surface area contributed by atoms with Gasteiger partial charge in [-0.2, -0.15) is 0 Å². The van der Waals surface area contributed by atoms with E-state index in [0.29, 0.717) is 0 Å². The quantitative estimate of drug-likeness (QED) is 0.578. The van der Waals surface area contributed by atoms with Crippen molar-refractivity contribution < 1.29 is 18.8 Å². The molecule has 1 aromatic rings. The predicted octanol–water partition coefficient (Wildman–Crippen LogP) is 0.788. The molecule has 90 valence electrons. The van der Waals surface area contributed by atoms with Gasteiger partial charge in [-0.25, -0.2) is 0 Å². The maximum absolute atomic E-state index is 8.74. The van der Waals surface area contributed by atoms with Crippen molar-refractivity contribution in [2.75, 3.05) is 6.61 Å². The van der Waals surface area contributed by atoms with Gasteiger partial charge in [0.05, 0.1) is 0 Å². The minimum atomic E-state index is -3.13. The molecule has 6 heteroatoms. The lowest BCUT2D eigenvalue weighted by molar-refractivity contribution is 0.294. The smallest absolute Gasteiger partial charge is 0.314 e. The van der Waals surface area contributed by atoms with Gasteiger partial charge >= 0.3 is 8.25 Å². The van der Waals surface area contributed by atoms with E-state index in [4.69, 9.17) is 18.8 Å². The third-order valence-corrected chi connectivity index (χ3v) is 5.05. The predicted molar refractivity (Wildman–Crippen MR) is 66.7 cm³/mol. The van der Waals surface area contributed by atoms with Crippen molar-refractivity contribution in [1.82, 2.24) is 0 Å². The Morgan fingerprint density at radius 1 is 1.19 bits per heavy atom. The Balaban J connectivity index is 0.000000280. The van der Waals surface area contributed by atoms with Gasteiger partial charge in [0.2, 0.25) is 9.04 Å². The van der Waals surface area contributed by atoms with Crippen molar-refractivity contribution in [1.29, 1.82) is 0 Å². The van der Waals surface area contributed by atoms with Gasteiger partial charge in [-0.05, 0) is 17.7 Å². The average Bonchev–Trinajstić information content (AvgIpc) is 2.31. The van der Waals surface area contributed by atoms with E-state index in [1.54, 1.807) is 0 Å². The first kappa shape index (κ1) is 13.6. The summed E-state index contributed by atoms with van der Waals surface area (Å²) in [7, 11) is -4.11. The Bertz CT molecular complexity index is 310. The summed E-state index contributed by atoms with van der Waals surface area (Å²) in [5.41, 5.74) is 0. The highest BCUT2D eigenvalue weighted by Gasteiger charge is 2.17. The lowest BCUT2D eigenvalue weighted by Gasteiger charge is -2.21. The van der Waals surface area contributed by atoms with Crippen LogP contribution in [0.3, 0.4) is 0 Å². The summed E-state index contributed by atoms with van der Waals surface area (Å²) in [6.07, 6.45) is 2.63. The SMILES string of the molecule is O=[PH](O)O.c1ccc([SiH]2CCCCO2)cc1. The molecule has 0 saturated carbocycles. The van der Waals surface area contributed by atoms with Gasteiger partial charge in [-0.3, -0.25) is 4.57 Å². The second-order valence-electron chi connectivity index (χ2n) is 3.55. The van der Waals surface area contributed by atoms with E-state index in [1.165, 1.54) is 24.1 Å². The highest BCUT2D eigenvalue weighted by atomic mass is 31.1. The van der Waals surface area contributed by atoms with Gasteiger partial charge in [0.25, 0.3) is 0 Å². The van der Waals surface area contributed by atoms with Gasteiger partial charge in [-0.15, -0.1) is 0 Å². The van der Waals surface area contributed by atoms with Crippen LogP contribution in [0.4, 0.5) is 0 Å². The monoisotopic (exact) mass is 260 g/mol. The van der Waals surface area contributed by atoms with Crippen LogP contribution in [-0.2, 0) is 8.99 Å². The summed E-state index contributed by atoms with van der Waals surface area (Å²) in [4.78, 5) is 14.3. The van der Waals surface area contributed by atoms with E-state index in [9.17, 15) is 0 Å². The lowest BCUT2D eigenvalue weighted by atomic mass is 10.3. The van der Waals surface area contributed by atoms with E-state index in [2.05, 4.69) is 30.3 Å². The van der Waals surface area contributed by atoms with Crippen molar-refractivity contribution in [3.8, 4) is 0 Å². The third kappa shape index (κ3) is 5.58. The molecule has 1 atom stereocenters. The molecule has 2 N–H and O–H groups in total. The van der Waals surface area contributed by atoms with E-state index in [1.807, 2.05) is 0 Å². The van der Waals surface area contributed by atoms with Gasteiger partial charge in [0.1, 0.15) is 0 Å². The van der Waals surface area contributed by atoms with Gasteiger partial charge < -0.3 is 14.2 Å². The summed E-state index contributed by atoms with van der Waals surface area (Å²) in [6, 6.07) is 12.0. The van der Waals surface area contributed by atoms with Crippen LogP contribution >= 0.6 is 8.25 Å². The molecular formula is C10H17O4PSi. The standard InChI is InChI=1S/C10H14OSi.H3O3P/c1-2-6-10(7-3-1)12-9-5-4-8-11-12;1-4(2)3/h1-3,6-7,12H,4-5,8-9H2;4H,(H2,1,2,3). The Labute approximate surface area is 97.6 Å². The molecule has 16 heavy (non-hydrogen) atoms. The maximum Gasteiger partial charge on any atom is 0.314 e. The topological polar surface area (TPSA) is 66.8 Å². The summed E-state index contributed by atoms with van der Waals surface area (Å²) < 4.78 is 14.5. The zero-order chi connectivity index (χ0) is 11.8. The molecule has 1 aromatic carbocycles. The second-order valence-corrected chi connectivity index (χ2v) is 6.67.